The van der Waals surface area contributed by atoms with E-state index in [4.69, 9.17) is 19.9 Å². The Kier molecular flexibility index (Phi) is 33.0. The number of unbranched alkanes of at least 4 members (excludes halogenated alkanes) is 2. The number of aliphatic hydroxyl groups is 2. The number of benzene rings is 2. The Morgan fingerprint density at radius 1 is 0.781 bits per heavy atom. The molecule has 534 valence electrons. The molecule has 96 heavy (non-hydrogen) atoms. The summed E-state index contributed by atoms with van der Waals surface area (Å²) in [5, 5.41) is 35.8. The zero-order valence-electron chi connectivity index (χ0n) is 58.5. The predicted octanol–water partition coefficient (Wildman–Crippen LogP) is 4.80. The number of aliphatic imine (C=N–C) groups is 1. The maximum atomic E-state index is 14.8. The van der Waals surface area contributed by atoms with Gasteiger partial charge in [0.25, 0.3) is 0 Å². The number of imide groups is 1. The van der Waals surface area contributed by atoms with Gasteiger partial charge in [-0.05, 0) is 92.4 Å². The van der Waals surface area contributed by atoms with E-state index in [1.807, 2.05) is 19.9 Å². The van der Waals surface area contributed by atoms with Crippen LogP contribution >= 0.6 is 0 Å². The highest BCUT2D eigenvalue weighted by atomic mass is 16.6. The Balaban J connectivity index is 1.37. The van der Waals surface area contributed by atoms with Gasteiger partial charge < -0.3 is 66.5 Å². The average molecular weight is 1350 g/mol. The second-order valence-electron chi connectivity index (χ2n) is 26.4. The maximum Gasteiger partial charge on any atom is 0.410 e. The predicted molar refractivity (Wildman–Crippen MR) is 360 cm³/mol. The number of amides is 11. The van der Waals surface area contributed by atoms with Crippen molar-refractivity contribution in [3.8, 4) is 0 Å². The largest absolute Gasteiger partial charge is 0.445 e. The summed E-state index contributed by atoms with van der Waals surface area (Å²) < 4.78 is 17.4. The molecule has 6 unspecified atom stereocenters. The number of aliphatic hydroxyl groups excluding tert-OH is 2. The number of ketones is 1. The van der Waals surface area contributed by atoms with Crippen LogP contribution in [-0.4, -0.2) is 210 Å². The third-order valence-electron chi connectivity index (χ3n) is 18.0. The molecule has 0 aliphatic carbocycles. The number of anilines is 1. The van der Waals surface area contributed by atoms with Gasteiger partial charge in [0.15, 0.2) is 0 Å². The Morgan fingerprint density at radius 3 is 2.01 bits per heavy atom. The van der Waals surface area contributed by atoms with Crippen molar-refractivity contribution in [3.05, 3.63) is 65.7 Å². The number of carbonyl (C=O) groups excluding carboxylic acids is 11. The van der Waals surface area contributed by atoms with E-state index in [2.05, 4.69) is 31.6 Å². The maximum absolute atomic E-state index is 14.8. The number of nitrogens with zero attached hydrogens (tertiary/aromatic N) is 5. The minimum atomic E-state index is -1.68. The molecule has 0 bridgehead atoms. The zero-order chi connectivity index (χ0) is 71.7. The fourth-order valence-electron chi connectivity index (χ4n) is 12.2. The molecule has 2 fully saturated rings. The van der Waals surface area contributed by atoms with E-state index in [-0.39, 0.29) is 93.2 Å². The van der Waals surface area contributed by atoms with Crippen LogP contribution in [0.5, 0.6) is 0 Å². The number of likely N-dealkylation sites (tertiary alicyclic amines) is 2. The molecule has 0 radical (unpaired) electrons. The fourth-order valence-corrected chi connectivity index (χ4v) is 12.2. The Bertz CT molecular complexity index is 2950. The summed E-state index contributed by atoms with van der Waals surface area (Å²) in [5.74, 6) is -5.98. The molecule has 13 atom stereocenters. The smallest absolute Gasteiger partial charge is 0.410 e. The van der Waals surface area contributed by atoms with Crippen LogP contribution in [-0.2, 0) is 64.0 Å². The minimum Gasteiger partial charge on any atom is -0.445 e. The number of nitrogens with one attached hydrogen (secondary N) is 5. The van der Waals surface area contributed by atoms with Crippen LogP contribution in [0, 0.1) is 29.6 Å². The number of hydrogen-bond acceptors (Lipinski definition) is 17. The van der Waals surface area contributed by atoms with Crippen molar-refractivity contribution in [1.29, 1.82) is 0 Å². The molecule has 4 rings (SSSR count). The van der Waals surface area contributed by atoms with Crippen molar-refractivity contribution >= 4 is 77.1 Å². The van der Waals surface area contributed by atoms with Crippen LogP contribution in [0.25, 0.3) is 0 Å². The molecule has 27 heteroatoms. The number of nitrogens with two attached hydrogens (primary N) is 1. The number of rotatable bonds is 39. The molecule has 2 heterocycles. The number of carbonyl (C=O) groups is 11. The SMILES string of the molecule is CC[C@H](C)C([C@@H](CC(=O)N1CCCC1[C@H](OC)[C@H](O)C(=O)/C=N/[C@H](C)[C@@H](O)c1ccccc1)OC)N(C)C(=O)C(NC(=O)C(C(C)C)N(C)C(=O)OCc1ccc(NC(=O)[C@H](CCCNC(N)=O)NC(=O)C(NC(=O)CCCCCN2C(=O)CC(C)C2=O)C(C)C)cc1)C(C)C. The molecule has 27 nitrogen and oxygen atoms in total. The van der Waals surface area contributed by atoms with Gasteiger partial charge in [0, 0.05) is 72.4 Å². The summed E-state index contributed by atoms with van der Waals surface area (Å²) in [5.41, 5.74) is 6.71. The zero-order valence-corrected chi connectivity index (χ0v) is 58.5. The molecule has 2 aromatic carbocycles. The number of Topliss-reactive ketones (excluding diaryl/α,β-unsaturated/α-hetero) is 1. The standard InChI is InChI=1S/C69H107N11O16/c1-15-43(8)59(52(94-13)37-55(84)79-35-23-27-50(79)62(95-14)61(86)51(81)38-72-45(10)60(85)47-24-18-16-19-25-47)77(11)67(91)57(41(4)5)76-65(89)58(42(6)7)78(12)69(93)96-39-46-29-31-48(32-30-46)73-63(87)49(26-22-33-71-68(70)92)74-64(88)56(40(2)3)75-53(82)28-20-17-21-34-80-54(83)36-44(9)66(80)90/h16,18-19,24-25,29-32,38,40-45,49-50,52,56-62,85-86H,15,17,20-23,26-28,33-37,39H2,1-14H3,(H,73,87)(H,74,88)(H,75,82)(H,76,89)(H3,70,71,92)/b72-38+/t43-,44?,45+,49-,50?,52+,56?,57?,58?,59?,60+,61+,62-/m0/s1. The van der Waals surface area contributed by atoms with Crippen LogP contribution in [0.1, 0.15) is 157 Å². The van der Waals surface area contributed by atoms with Gasteiger partial charge in [-0.15, -0.1) is 0 Å². The Morgan fingerprint density at radius 2 is 1.44 bits per heavy atom. The molecule has 0 aromatic heterocycles. The van der Waals surface area contributed by atoms with Gasteiger partial charge in [-0.25, -0.2) is 9.59 Å². The van der Waals surface area contributed by atoms with E-state index < -0.39 is 120 Å². The first-order chi connectivity index (χ1) is 45.4. The molecule has 2 aromatic rings. The van der Waals surface area contributed by atoms with Crippen molar-refractivity contribution in [1.82, 2.24) is 40.9 Å². The third kappa shape index (κ3) is 23.5. The number of primary amides is 1. The van der Waals surface area contributed by atoms with Crippen LogP contribution < -0.4 is 32.3 Å². The number of hydrogen-bond donors (Lipinski definition) is 8. The number of ether oxygens (including phenoxy) is 3. The van der Waals surface area contributed by atoms with E-state index in [0.717, 1.165) is 11.1 Å². The highest BCUT2D eigenvalue weighted by Gasteiger charge is 2.44. The molecule has 9 N–H and O–H groups in total. The molecular weight excluding hydrogens is 1240 g/mol. The van der Waals surface area contributed by atoms with Crippen molar-refractivity contribution in [2.24, 2.45) is 40.3 Å². The first-order valence-corrected chi connectivity index (χ1v) is 33.6. The number of urea groups is 1. The number of likely N-dealkylation sites (N-methyl/N-ethyl adjacent to an activating group) is 2. The van der Waals surface area contributed by atoms with E-state index in [9.17, 15) is 63.0 Å². The first kappa shape index (κ1) is 80.6. The van der Waals surface area contributed by atoms with Gasteiger partial charge >= 0.3 is 12.1 Å². The summed E-state index contributed by atoms with van der Waals surface area (Å²) in [6, 6.07) is 8.07. The molecular formula is C69H107N11O16. The van der Waals surface area contributed by atoms with E-state index in [1.54, 1.807) is 116 Å². The summed E-state index contributed by atoms with van der Waals surface area (Å²) in [4.78, 5) is 157. The fraction of sp³-hybridized carbons (Fsp3) is 0.652. The highest BCUT2D eigenvalue weighted by Crippen LogP contribution is 2.30. The summed E-state index contributed by atoms with van der Waals surface area (Å²) in [6.45, 7) is 18.3. The average Bonchev–Trinajstić information content (AvgIpc) is 1.28. The lowest BCUT2D eigenvalue weighted by atomic mass is 9.89. The normalized spacial score (nSPS) is 18.4. The molecule has 11 amide bonds. The van der Waals surface area contributed by atoms with Crippen molar-refractivity contribution in [2.75, 3.05) is 53.3 Å². The lowest BCUT2D eigenvalue weighted by Crippen LogP contribution is -2.60. The topological polar surface area (TPSA) is 367 Å². The van der Waals surface area contributed by atoms with Gasteiger partial charge in [-0.1, -0.05) is 118 Å². The lowest BCUT2D eigenvalue weighted by molar-refractivity contribution is -0.148. The van der Waals surface area contributed by atoms with Crippen molar-refractivity contribution in [2.45, 2.75) is 213 Å². The highest BCUT2D eigenvalue weighted by molar-refractivity contribution is 6.29. The van der Waals surface area contributed by atoms with Crippen LogP contribution in [0.3, 0.4) is 0 Å². The van der Waals surface area contributed by atoms with Gasteiger partial charge in [-0.3, -0.25) is 57.9 Å². The van der Waals surface area contributed by atoms with E-state index in [1.165, 1.54) is 31.1 Å². The second kappa shape index (κ2) is 39.4. The summed E-state index contributed by atoms with van der Waals surface area (Å²) in [7, 11) is 5.83. The van der Waals surface area contributed by atoms with Gasteiger partial charge in [-0.2, -0.15) is 0 Å². The molecule has 2 saturated heterocycles. The minimum absolute atomic E-state index is 0.0811. The lowest BCUT2D eigenvalue weighted by Gasteiger charge is -2.41. The van der Waals surface area contributed by atoms with Gasteiger partial charge in [0.2, 0.25) is 53.0 Å². The molecule has 2 aliphatic heterocycles. The number of methoxy groups -OCH3 is 2. The van der Waals surface area contributed by atoms with Gasteiger partial charge in [0.1, 0.15) is 49.1 Å². The van der Waals surface area contributed by atoms with E-state index in [0.29, 0.717) is 61.9 Å². The van der Waals surface area contributed by atoms with Crippen LogP contribution in [0.2, 0.25) is 0 Å². The Hall–Kier alpha value is -7.88. The summed E-state index contributed by atoms with van der Waals surface area (Å²) in [6.07, 6.45) is -0.889. The molecule has 0 spiro atoms. The van der Waals surface area contributed by atoms with Crippen molar-refractivity contribution < 1.29 is 77.2 Å². The second-order valence-corrected chi connectivity index (χ2v) is 26.4. The first-order valence-electron chi connectivity index (χ1n) is 33.6. The summed E-state index contributed by atoms with van der Waals surface area (Å²) >= 11 is 0. The third-order valence-corrected chi connectivity index (χ3v) is 18.0. The monoisotopic (exact) mass is 1350 g/mol. The van der Waals surface area contributed by atoms with Crippen molar-refractivity contribution in [3.63, 3.8) is 0 Å². The molecule has 2 aliphatic rings. The van der Waals surface area contributed by atoms with E-state index >= 15 is 0 Å². The quantitative estimate of drug-likeness (QED) is 0.0253. The van der Waals surface area contributed by atoms with Crippen LogP contribution in [0.4, 0.5) is 15.3 Å². The van der Waals surface area contributed by atoms with Crippen LogP contribution in [0.15, 0.2) is 59.6 Å². The van der Waals surface area contributed by atoms with Gasteiger partial charge in [0.05, 0.1) is 36.9 Å². The Labute approximate surface area is 565 Å². The molecule has 0 saturated carbocycles.